The largest absolute Gasteiger partial charge is 0.472 e. The van der Waals surface area contributed by atoms with Crippen LogP contribution in [0.15, 0.2) is 85.1 Å². The minimum absolute atomic E-state index is 0.0598. The molecule has 1 aliphatic heterocycles. The van der Waals surface area contributed by atoms with E-state index < -0.39 is 112 Å². The maximum Gasteiger partial charge on any atom is 0.472 e. The number of aliphatic hydroxyl groups is 7. The van der Waals surface area contributed by atoms with Gasteiger partial charge in [0.2, 0.25) is 0 Å². The van der Waals surface area contributed by atoms with Crippen molar-refractivity contribution >= 4 is 25.5 Å². The van der Waals surface area contributed by atoms with Crippen molar-refractivity contribution in [3.8, 4) is 0 Å². The number of hydrogen-bond donors (Lipinski definition) is 8. The number of hydrogen-bond acceptors (Lipinski definition) is 15. The smallest absolute Gasteiger partial charge is 0.462 e. The number of cyclic esters (lactones) is 1. The van der Waals surface area contributed by atoms with Crippen LogP contribution in [0.4, 0.5) is 0 Å². The van der Waals surface area contributed by atoms with Gasteiger partial charge in [0.05, 0.1) is 31.0 Å². The Kier molecular flexibility index (Phi) is 31.9. The quantitative estimate of drug-likeness (QED) is 0.0231. The number of phosphoric ester groups is 1. The predicted molar refractivity (Wildman–Crippen MR) is 259 cm³/mol. The Bertz CT molecular complexity index is 1690. The zero-order chi connectivity index (χ0) is 50.2. The highest BCUT2D eigenvalue weighted by Crippen LogP contribution is 2.47. The zero-order valence-electron chi connectivity index (χ0n) is 40.1. The van der Waals surface area contributed by atoms with Gasteiger partial charge in [-0.05, 0) is 77.0 Å². The number of ketones is 1. The van der Waals surface area contributed by atoms with Crippen molar-refractivity contribution in [3.63, 3.8) is 0 Å². The van der Waals surface area contributed by atoms with Crippen LogP contribution in [0.25, 0.3) is 0 Å². The Balaban J connectivity index is 2.09. The molecule has 1 heterocycles. The average Bonchev–Trinajstić information content (AvgIpc) is 3.31. The molecule has 68 heavy (non-hydrogen) atoms. The van der Waals surface area contributed by atoms with Gasteiger partial charge in [0.25, 0.3) is 0 Å². The Labute approximate surface area is 403 Å². The molecule has 1 saturated carbocycles. The van der Waals surface area contributed by atoms with Gasteiger partial charge < -0.3 is 50.1 Å². The Morgan fingerprint density at radius 3 is 2.07 bits per heavy atom. The number of unbranched alkanes of at least 4 members (excludes halogenated alkanes) is 5. The summed E-state index contributed by atoms with van der Waals surface area (Å²) in [7, 11) is -5.47. The summed E-state index contributed by atoms with van der Waals surface area (Å²) >= 11 is 0. The molecule has 1 fully saturated rings. The van der Waals surface area contributed by atoms with E-state index >= 15 is 0 Å². The molecule has 0 aromatic rings. The molecule has 16 nitrogen and oxygen atoms in total. The van der Waals surface area contributed by atoms with Gasteiger partial charge in [0.15, 0.2) is 6.10 Å². The fourth-order valence-corrected chi connectivity index (χ4v) is 8.52. The molecule has 8 N–H and O–H groups in total. The lowest BCUT2D eigenvalue weighted by molar-refractivity contribution is -0.166. The SMILES string of the molecule is CC/C=C\C/C=C\C/C=C\C/C=C\C/C=C\CCCCCC(=O)OC[C@@H]1COP(=O)(O)O[C@H]2[C@H](O)[C@@H](O)[C@H](O)[C@@H](C/C=C\CCCC(=O)O1)C(=O)C[C@@H](O)[C@H](/C=C/[C@@H](O)CCCCC)[C@@H](O)[C@H]2O. The topological polar surface area (TPSA) is 267 Å². The molecule has 0 amide bonds. The van der Waals surface area contributed by atoms with Crippen LogP contribution in [0.3, 0.4) is 0 Å². The molecule has 1 aliphatic carbocycles. The molecule has 12 atom stereocenters. The van der Waals surface area contributed by atoms with Gasteiger partial charge in [0, 0.05) is 31.1 Å². The third kappa shape index (κ3) is 25.5. The van der Waals surface area contributed by atoms with Gasteiger partial charge in [-0.25, -0.2) is 4.57 Å². The second-order valence-electron chi connectivity index (χ2n) is 17.4. The number of phosphoric acid groups is 1. The van der Waals surface area contributed by atoms with Crippen molar-refractivity contribution in [1.82, 2.24) is 0 Å². The number of carbonyl (C=O) groups excluding carboxylic acids is 3. The number of aliphatic hydroxyl groups excluding tert-OH is 7. The lowest BCUT2D eigenvalue weighted by Crippen LogP contribution is -2.55. The van der Waals surface area contributed by atoms with Crippen molar-refractivity contribution in [2.24, 2.45) is 11.8 Å². The van der Waals surface area contributed by atoms with Crippen molar-refractivity contribution < 1.29 is 78.1 Å². The van der Waals surface area contributed by atoms with Crippen molar-refractivity contribution in [2.45, 2.75) is 191 Å². The van der Waals surface area contributed by atoms with E-state index in [0.717, 1.165) is 64.2 Å². The number of fused-ring (bicyclic) bond motifs is 4. The molecule has 17 heteroatoms. The van der Waals surface area contributed by atoms with E-state index in [0.29, 0.717) is 25.7 Å². The molecule has 0 spiro atoms. The first-order valence-corrected chi connectivity index (χ1v) is 26.0. The van der Waals surface area contributed by atoms with Crippen LogP contribution >= 0.6 is 7.82 Å². The van der Waals surface area contributed by atoms with Gasteiger partial charge in [0.1, 0.15) is 36.8 Å². The summed E-state index contributed by atoms with van der Waals surface area (Å²) < 4.78 is 34.6. The summed E-state index contributed by atoms with van der Waals surface area (Å²) in [5.74, 6) is -5.12. The average molecular weight is 981 g/mol. The summed E-state index contributed by atoms with van der Waals surface area (Å²) in [5, 5.41) is 78.4. The highest BCUT2D eigenvalue weighted by Gasteiger charge is 2.49. The van der Waals surface area contributed by atoms with Gasteiger partial charge in [-0.2, -0.15) is 0 Å². The first-order valence-electron chi connectivity index (χ1n) is 24.5. The van der Waals surface area contributed by atoms with E-state index in [1.807, 2.05) is 6.92 Å². The monoisotopic (exact) mass is 981 g/mol. The minimum atomic E-state index is -5.47. The standard InChI is InChI=1S/C51H81O16P/c1-3-5-7-8-9-10-11-12-13-14-15-16-17-18-19-20-21-22-27-31-44(55)64-36-39-37-65-68(62,63)67-51-49(60)47(58)41(34-33-38(52)29-25-6-4-2)43(54)35-42(53)40(46(57)48(59)50(51)61)30-26-23-24-28-32-45(56)66-39/h5,7,9-10,12-13,15-16,18-19,23,26,33-34,38-41,43,46-52,54,57-61H,3-4,6,8,11,14,17,20-22,24-25,27-32,35-37H2,1-2H3,(H,62,63)/b7-5-,10-9-,13-12-,16-15-,19-18-,26-23-,34-33+/t38-,39+,40-,41-,43+,46+,47+,48-,49+,50+,51+/m0/s1. The summed E-state index contributed by atoms with van der Waals surface area (Å²) in [5.41, 5.74) is 0. The van der Waals surface area contributed by atoms with Gasteiger partial charge in [-0.15, -0.1) is 0 Å². The number of esters is 2. The molecule has 0 aromatic heterocycles. The van der Waals surface area contributed by atoms with Crippen LogP contribution in [0, 0.1) is 11.8 Å². The zero-order valence-corrected chi connectivity index (χ0v) is 41.0. The molecule has 386 valence electrons. The fourth-order valence-electron chi connectivity index (χ4n) is 7.55. The lowest BCUT2D eigenvalue weighted by atomic mass is 9.84. The second kappa shape index (κ2) is 35.7. The normalized spacial score (nSPS) is 31.0. The van der Waals surface area contributed by atoms with Crippen LogP contribution in [0.2, 0.25) is 0 Å². The Hall–Kier alpha value is -3.38. The molecule has 2 rings (SSSR count). The molecule has 0 saturated heterocycles. The van der Waals surface area contributed by atoms with E-state index in [1.54, 1.807) is 6.08 Å². The molecule has 0 aromatic carbocycles. The van der Waals surface area contributed by atoms with E-state index in [9.17, 15) is 59.6 Å². The van der Waals surface area contributed by atoms with Gasteiger partial charge >= 0.3 is 19.8 Å². The Morgan fingerprint density at radius 2 is 1.43 bits per heavy atom. The highest BCUT2D eigenvalue weighted by atomic mass is 31.2. The molecular weight excluding hydrogens is 900 g/mol. The van der Waals surface area contributed by atoms with Crippen molar-refractivity contribution in [3.05, 3.63) is 85.1 Å². The first-order chi connectivity index (χ1) is 32.6. The van der Waals surface area contributed by atoms with E-state index in [2.05, 4.69) is 67.7 Å². The van der Waals surface area contributed by atoms with E-state index in [4.69, 9.17) is 18.5 Å². The van der Waals surface area contributed by atoms with Crippen molar-refractivity contribution in [1.29, 1.82) is 0 Å². The molecule has 1 unspecified atom stereocenters. The summed E-state index contributed by atoms with van der Waals surface area (Å²) in [6.07, 6.45) is 18.9. The van der Waals surface area contributed by atoms with E-state index in [-0.39, 0.29) is 25.7 Å². The predicted octanol–water partition coefficient (Wildman–Crippen LogP) is 6.64. The lowest BCUT2D eigenvalue weighted by Gasteiger charge is -2.36. The number of allylic oxidation sites excluding steroid dienone is 12. The third-order valence-corrected chi connectivity index (χ3v) is 12.6. The van der Waals surface area contributed by atoms with Crippen LogP contribution in [0.5, 0.6) is 0 Å². The summed E-state index contributed by atoms with van der Waals surface area (Å²) in [4.78, 5) is 50.0. The number of Topliss-reactive ketones (excluding diaryl/α,β-unsaturated/α-hetero) is 1. The number of rotatable bonds is 23. The maximum atomic E-state index is 13.6. The molecule has 0 radical (unpaired) electrons. The Morgan fingerprint density at radius 1 is 0.794 bits per heavy atom. The minimum Gasteiger partial charge on any atom is -0.462 e. The molecule has 2 bridgehead atoms. The van der Waals surface area contributed by atoms with Crippen molar-refractivity contribution in [2.75, 3.05) is 13.2 Å². The van der Waals surface area contributed by atoms with E-state index in [1.165, 1.54) is 18.2 Å². The van der Waals surface area contributed by atoms with Crippen LogP contribution in [-0.4, -0.2) is 127 Å². The third-order valence-electron chi connectivity index (χ3n) is 11.6. The van der Waals surface area contributed by atoms with Crippen LogP contribution in [-0.2, 0) is 37.5 Å². The van der Waals surface area contributed by atoms with Gasteiger partial charge in [-0.1, -0.05) is 125 Å². The fraction of sp³-hybridized carbons (Fsp3) is 0.667. The second-order valence-corrected chi connectivity index (χ2v) is 18.8. The number of carbonyl (C=O) groups is 3. The summed E-state index contributed by atoms with van der Waals surface area (Å²) in [6.45, 7) is 2.65. The molecular formula is C51H81O16P. The van der Waals surface area contributed by atoms with Gasteiger partial charge in [-0.3, -0.25) is 23.4 Å². The maximum absolute atomic E-state index is 13.6. The molecule has 2 aliphatic rings. The van der Waals surface area contributed by atoms with Crippen LogP contribution in [0.1, 0.15) is 136 Å². The first kappa shape index (κ1) is 60.7. The number of ether oxygens (including phenoxy) is 2. The highest BCUT2D eigenvalue weighted by molar-refractivity contribution is 7.47. The summed E-state index contributed by atoms with van der Waals surface area (Å²) in [6, 6.07) is 0. The van der Waals surface area contributed by atoms with Crippen LogP contribution < -0.4 is 0 Å².